The molecule has 5 nitrogen and oxygen atoms in total. The molecule has 6 heteroatoms. The molecule has 0 aromatic heterocycles. The zero-order chi connectivity index (χ0) is 14.8. The summed E-state index contributed by atoms with van der Waals surface area (Å²) in [6.07, 6.45) is 3.18. The second-order valence-corrected chi connectivity index (χ2v) is 6.12. The number of carbonyl (C=O) groups excluding carboxylic acids is 1. The lowest BCUT2D eigenvalue weighted by molar-refractivity contribution is -0.147. The summed E-state index contributed by atoms with van der Waals surface area (Å²) in [5, 5.41) is 12.5. The average Bonchev–Trinajstić information content (AvgIpc) is 2.86. The van der Waals surface area contributed by atoms with Crippen LogP contribution in [-0.4, -0.2) is 23.5 Å². The van der Waals surface area contributed by atoms with Gasteiger partial charge in [0.2, 0.25) is 0 Å². The first-order valence-corrected chi connectivity index (χ1v) is 7.30. The molecular formula is C14H17BrN2O3. The number of anilines is 1. The molecule has 0 radical (unpaired) electrons. The van der Waals surface area contributed by atoms with Gasteiger partial charge < -0.3 is 16.2 Å². The molecule has 1 aromatic rings. The molecule has 4 N–H and O–H groups in total. The van der Waals surface area contributed by atoms with E-state index in [1.807, 2.05) is 0 Å². The van der Waals surface area contributed by atoms with Crippen LogP contribution in [-0.2, 0) is 4.79 Å². The zero-order valence-electron chi connectivity index (χ0n) is 11.0. The number of carbonyl (C=O) groups is 2. The van der Waals surface area contributed by atoms with Crippen LogP contribution in [0.3, 0.4) is 0 Å². The standard InChI is InChI=1S/C14H17BrN2O3/c15-9-3-4-10(12(16)18)11(7-9)17-8-14(13(19)20)5-1-2-6-14/h3-4,7,17H,1-2,5-6,8H2,(H2,16,18)(H,19,20). The molecule has 1 aromatic carbocycles. The van der Waals surface area contributed by atoms with E-state index in [4.69, 9.17) is 5.73 Å². The van der Waals surface area contributed by atoms with Crippen LogP contribution >= 0.6 is 15.9 Å². The van der Waals surface area contributed by atoms with Gasteiger partial charge in [-0.2, -0.15) is 0 Å². The van der Waals surface area contributed by atoms with Crippen LogP contribution < -0.4 is 11.1 Å². The van der Waals surface area contributed by atoms with E-state index in [0.717, 1.165) is 17.3 Å². The quantitative estimate of drug-likeness (QED) is 0.768. The maximum atomic E-state index is 11.5. The van der Waals surface area contributed by atoms with Crippen molar-refractivity contribution in [3.63, 3.8) is 0 Å². The Bertz CT molecular complexity index is 539. The monoisotopic (exact) mass is 340 g/mol. The molecule has 108 valence electrons. The van der Waals surface area contributed by atoms with E-state index in [0.29, 0.717) is 30.6 Å². The van der Waals surface area contributed by atoms with Crippen molar-refractivity contribution < 1.29 is 14.7 Å². The summed E-state index contributed by atoms with van der Waals surface area (Å²) in [6.45, 7) is 0.305. The Kier molecular flexibility index (Phi) is 4.32. The lowest BCUT2D eigenvalue weighted by Gasteiger charge is -2.25. The molecule has 0 saturated heterocycles. The first-order valence-electron chi connectivity index (χ1n) is 6.51. The summed E-state index contributed by atoms with van der Waals surface area (Å²) in [7, 11) is 0. The SMILES string of the molecule is NC(=O)c1ccc(Br)cc1NCC1(C(=O)O)CCCC1. The van der Waals surface area contributed by atoms with E-state index in [1.165, 1.54) is 0 Å². The minimum absolute atomic E-state index is 0.305. The molecule has 20 heavy (non-hydrogen) atoms. The van der Waals surface area contributed by atoms with Crippen LogP contribution in [0.4, 0.5) is 5.69 Å². The second kappa shape index (κ2) is 5.83. The van der Waals surface area contributed by atoms with E-state index >= 15 is 0 Å². The molecule has 0 unspecified atom stereocenters. The van der Waals surface area contributed by atoms with E-state index in [2.05, 4.69) is 21.2 Å². The van der Waals surface area contributed by atoms with Gasteiger partial charge in [-0.3, -0.25) is 9.59 Å². The summed E-state index contributed by atoms with van der Waals surface area (Å²) in [4.78, 5) is 22.9. The molecule has 0 aliphatic heterocycles. The molecule has 1 aliphatic rings. The fourth-order valence-electron chi connectivity index (χ4n) is 2.66. The van der Waals surface area contributed by atoms with Crippen molar-refractivity contribution in [2.45, 2.75) is 25.7 Å². The molecular weight excluding hydrogens is 324 g/mol. The first kappa shape index (κ1) is 14.8. The number of carboxylic acid groups (broad SMARTS) is 1. The number of hydrogen-bond acceptors (Lipinski definition) is 3. The highest BCUT2D eigenvalue weighted by molar-refractivity contribution is 9.10. The Morgan fingerprint density at radius 1 is 1.35 bits per heavy atom. The lowest BCUT2D eigenvalue weighted by Crippen LogP contribution is -2.35. The summed E-state index contributed by atoms with van der Waals surface area (Å²) < 4.78 is 0.806. The third kappa shape index (κ3) is 2.95. The number of aliphatic carboxylic acids is 1. The number of primary amides is 1. The number of nitrogens with two attached hydrogens (primary N) is 1. The number of hydrogen-bond donors (Lipinski definition) is 3. The van der Waals surface area contributed by atoms with Crippen LogP contribution in [0.2, 0.25) is 0 Å². The van der Waals surface area contributed by atoms with Gasteiger partial charge in [-0.1, -0.05) is 28.8 Å². The molecule has 1 amide bonds. The number of amides is 1. The molecule has 0 bridgehead atoms. The minimum Gasteiger partial charge on any atom is -0.481 e. The van der Waals surface area contributed by atoms with Gasteiger partial charge in [0, 0.05) is 16.7 Å². The van der Waals surface area contributed by atoms with Gasteiger partial charge in [0.15, 0.2) is 0 Å². The van der Waals surface area contributed by atoms with Gasteiger partial charge >= 0.3 is 5.97 Å². The number of rotatable bonds is 5. The maximum absolute atomic E-state index is 11.5. The number of benzene rings is 1. The number of halogens is 1. The Hall–Kier alpha value is -1.56. The molecule has 1 saturated carbocycles. The Balaban J connectivity index is 2.20. The van der Waals surface area contributed by atoms with Crippen molar-refractivity contribution in [3.8, 4) is 0 Å². The Morgan fingerprint density at radius 2 is 2.00 bits per heavy atom. The molecule has 0 spiro atoms. The smallest absolute Gasteiger partial charge is 0.311 e. The van der Waals surface area contributed by atoms with E-state index in [-0.39, 0.29) is 0 Å². The summed E-state index contributed by atoms with van der Waals surface area (Å²) in [6, 6.07) is 5.09. The molecule has 0 atom stereocenters. The summed E-state index contributed by atoms with van der Waals surface area (Å²) in [5.41, 5.74) is 5.53. The predicted octanol–water partition coefficient (Wildman–Crippen LogP) is 2.60. The second-order valence-electron chi connectivity index (χ2n) is 5.20. The van der Waals surface area contributed by atoms with Crippen LogP contribution in [0, 0.1) is 5.41 Å². The zero-order valence-corrected chi connectivity index (χ0v) is 12.6. The van der Waals surface area contributed by atoms with Crippen LogP contribution in [0.25, 0.3) is 0 Å². The van der Waals surface area contributed by atoms with Crippen LogP contribution in [0.1, 0.15) is 36.0 Å². The Morgan fingerprint density at radius 3 is 2.55 bits per heavy atom. The van der Waals surface area contributed by atoms with Gasteiger partial charge in [0.1, 0.15) is 0 Å². The van der Waals surface area contributed by atoms with E-state index in [9.17, 15) is 14.7 Å². The molecule has 2 rings (SSSR count). The topological polar surface area (TPSA) is 92.4 Å². The Labute approximate surface area is 125 Å². The first-order chi connectivity index (χ1) is 9.44. The fraction of sp³-hybridized carbons (Fsp3) is 0.429. The van der Waals surface area contributed by atoms with Gasteiger partial charge in [-0.25, -0.2) is 0 Å². The molecule has 1 aliphatic carbocycles. The highest BCUT2D eigenvalue weighted by atomic mass is 79.9. The maximum Gasteiger partial charge on any atom is 0.311 e. The average molecular weight is 341 g/mol. The normalized spacial score (nSPS) is 16.9. The highest BCUT2D eigenvalue weighted by Gasteiger charge is 2.41. The minimum atomic E-state index is -0.780. The van der Waals surface area contributed by atoms with Crippen molar-refractivity contribution in [2.75, 3.05) is 11.9 Å². The molecule has 1 fully saturated rings. The lowest BCUT2D eigenvalue weighted by atomic mass is 9.86. The summed E-state index contributed by atoms with van der Waals surface area (Å²) in [5.74, 6) is -1.31. The van der Waals surface area contributed by atoms with Gasteiger partial charge in [0.05, 0.1) is 11.0 Å². The van der Waals surface area contributed by atoms with Crippen molar-refractivity contribution >= 4 is 33.5 Å². The number of carboxylic acids is 1. The van der Waals surface area contributed by atoms with Crippen molar-refractivity contribution in [3.05, 3.63) is 28.2 Å². The van der Waals surface area contributed by atoms with Gasteiger partial charge in [-0.05, 0) is 31.0 Å². The highest BCUT2D eigenvalue weighted by Crippen LogP contribution is 2.38. The van der Waals surface area contributed by atoms with E-state index in [1.54, 1.807) is 18.2 Å². The van der Waals surface area contributed by atoms with E-state index < -0.39 is 17.3 Å². The van der Waals surface area contributed by atoms with Gasteiger partial charge in [-0.15, -0.1) is 0 Å². The third-order valence-corrected chi connectivity index (χ3v) is 4.37. The fourth-order valence-corrected chi connectivity index (χ4v) is 3.02. The van der Waals surface area contributed by atoms with Crippen LogP contribution in [0.15, 0.2) is 22.7 Å². The summed E-state index contributed by atoms with van der Waals surface area (Å²) >= 11 is 3.33. The third-order valence-electron chi connectivity index (χ3n) is 3.88. The number of nitrogens with one attached hydrogen (secondary N) is 1. The largest absolute Gasteiger partial charge is 0.481 e. The van der Waals surface area contributed by atoms with Crippen molar-refractivity contribution in [1.82, 2.24) is 0 Å². The van der Waals surface area contributed by atoms with Crippen molar-refractivity contribution in [2.24, 2.45) is 11.1 Å². The van der Waals surface area contributed by atoms with Crippen LogP contribution in [0.5, 0.6) is 0 Å². The molecule has 0 heterocycles. The van der Waals surface area contributed by atoms with Crippen molar-refractivity contribution in [1.29, 1.82) is 0 Å². The predicted molar refractivity (Wildman–Crippen MR) is 79.7 cm³/mol. The van der Waals surface area contributed by atoms with Gasteiger partial charge in [0.25, 0.3) is 5.91 Å².